The predicted molar refractivity (Wildman–Crippen MR) is 110 cm³/mol. The fraction of sp³-hybridized carbons (Fsp3) is 0.0952. The van der Waals surface area contributed by atoms with Gasteiger partial charge in [-0.15, -0.1) is 11.3 Å². The molecule has 1 N–H and O–H groups in total. The summed E-state index contributed by atoms with van der Waals surface area (Å²) in [6, 6.07) is 15.1. The van der Waals surface area contributed by atoms with Crippen LogP contribution in [0.1, 0.15) is 16.1 Å². The van der Waals surface area contributed by atoms with Crippen molar-refractivity contribution in [3.63, 3.8) is 0 Å². The van der Waals surface area contributed by atoms with Crippen LogP contribution in [0.5, 0.6) is 11.5 Å². The number of carbonyl (C=O) groups excluding carboxylic acids is 1. The Balaban J connectivity index is 1.40. The third-order valence-corrected chi connectivity index (χ3v) is 4.95. The first-order chi connectivity index (χ1) is 13.6. The van der Waals surface area contributed by atoms with E-state index in [-0.39, 0.29) is 5.91 Å². The van der Waals surface area contributed by atoms with Crippen molar-refractivity contribution in [1.82, 2.24) is 14.8 Å². The zero-order valence-electron chi connectivity index (χ0n) is 15.4. The molecule has 2 aromatic carbocycles. The molecule has 0 fully saturated rings. The maximum Gasteiger partial charge on any atom is 0.275 e. The summed E-state index contributed by atoms with van der Waals surface area (Å²) in [5.74, 6) is 1.22. The highest BCUT2D eigenvalue weighted by molar-refractivity contribution is 7.13. The Morgan fingerprint density at radius 2 is 1.75 bits per heavy atom. The molecule has 2 aromatic heterocycles. The van der Waals surface area contributed by atoms with Gasteiger partial charge >= 0.3 is 0 Å². The number of aromatic nitrogens is 3. The van der Waals surface area contributed by atoms with E-state index in [4.69, 9.17) is 4.74 Å². The molecule has 140 valence electrons. The summed E-state index contributed by atoms with van der Waals surface area (Å²) >= 11 is 1.41. The topological polar surface area (TPSA) is 69.0 Å². The standard InChI is InChI=1S/C21H18N4O2S/c1-14-3-7-17(8-4-14)27-18-9-5-16(6-10-18)23-20(26)19-13-28-21(24-19)15-11-22-25(2)12-15/h3-13H,1-2H3,(H,23,26). The van der Waals surface area contributed by atoms with Crippen LogP contribution in [-0.2, 0) is 7.05 Å². The largest absolute Gasteiger partial charge is 0.457 e. The van der Waals surface area contributed by atoms with Crippen molar-refractivity contribution in [2.75, 3.05) is 5.32 Å². The van der Waals surface area contributed by atoms with Crippen LogP contribution in [0.3, 0.4) is 0 Å². The van der Waals surface area contributed by atoms with E-state index in [0.717, 1.165) is 16.3 Å². The van der Waals surface area contributed by atoms with Crippen molar-refractivity contribution >= 4 is 22.9 Å². The van der Waals surface area contributed by atoms with Crippen LogP contribution in [0.2, 0.25) is 0 Å². The second-order valence-electron chi connectivity index (χ2n) is 6.33. The van der Waals surface area contributed by atoms with Gasteiger partial charge < -0.3 is 10.1 Å². The van der Waals surface area contributed by atoms with Gasteiger partial charge in [0.05, 0.1) is 6.20 Å². The first kappa shape index (κ1) is 17.9. The first-order valence-corrected chi connectivity index (χ1v) is 9.55. The summed E-state index contributed by atoms with van der Waals surface area (Å²) in [6.07, 6.45) is 3.60. The molecule has 2 heterocycles. The van der Waals surface area contributed by atoms with Gasteiger partial charge in [-0.1, -0.05) is 17.7 Å². The lowest BCUT2D eigenvalue weighted by molar-refractivity contribution is 0.102. The molecular formula is C21H18N4O2S. The molecule has 28 heavy (non-hydrogen) atoms. The Morgan fingerprint density at radius 3 is 2.39 bits per heavy atom. The Labute approximate surface area is 166 Å². The monoisotopic (exact) mass is 390 g/mol. The van der Waals surface area contributed by atoms with Crippen LogP contribution in [0.4, 0.5) is 5.69 Å². The van der Waals surface area contributed by atoms with E-state index < -0.39 is 0 Å². The highest BCUT2D eigenvalue weighted by atomic mass is 32.1. The van der Waals surface area contributed by atoms with Crippen molar-refractivity contribution in [2.24, 2.45) is 7.05 Å². The smallest absolute Gasteiger partial charge is 0.275 e. The lowest BCUT2D eigenvalue weighted by Gasteiger charge is -2.08. The number of hydrogen-bond donors (Lipinski definition) is 1. The molecule has 0 bridgehead atoms. The SMILES string of the molecule is Cc1ccc(Oc2ccc(NC(=O)c3csc(-c4cnn(C)c4)n3)cc2)cc1. The van der Waals surface area contributed by atoms with Crippen LogP contribution >= 0.6 is 11.3 Å². The number of hydrogen-bond acceptors (Lipinski definition) is 5. The lowest BCUT2D eigenvalue weighted by atomic mass is 10.2. The number of ether oxygens (including phenoxy) is 1. The van der Waals surface area contributed by atoms with E-state index in [0.29, 0.717) is 17.1 Å². The molecule has 7 heteroatoms. The number of thiazole rings is 1. The summed E-state index contributed by atoms with van der Waals surface area (Å²) in [6.45, 7) is 2.03. The summed E-state index contributed by atoms with van der Waals surface area (Å²) in [5, 5.41) is 9.49. The minimum atomic E-state index is -0.251. The minimum absolute atomic E-state index is 0.251. The average Bonchev–Trinajstić information content (AvgIpc) is 3.34. The van der Waals surface area contributed by atoms with Crippen molar-refractivity contribution in [2.45, 2.75) is 6.92 Å². The summed E-state index contributed by atoms with van der Waals surface area (Å²) in [7, 11) is 1.84. The van der Waals surface area contributed by atoms with Crippen molar-refractivity contribution in [1.29, 1.82) is 0 Å². The Bertz CT molecular complexity index is 1100. The van der Waals surface area contributed by atoms with Crippen LogP contribution in [-0.4, -0.2) is 20.7 Å². The molecule has 0 unspecified atom stereocenters. The summed E-state index contributed by atoms with van der Waals surface area (Å²) < 4.78 is 7.51. The van der Waals surface area contributed by atoms with Gasteiger partial charge in [-0.05, 0) is 43.3 Å². The number of rotatable bonds is 5. The zero-order chi connectivity index (χ0) is 19.5. The lowest BCUT2D eigenvalue weighted by Crippen LogP contribution is -2.12. The van der Waals surface area contributed by atoms with E-state index in [1.165, 1.54) is 16.9 Å². The van der Waals surface area contributed by atoms with Crippen molar-refractivity contribution in [3.8, 4) is 22.1 Å². The van der Waals surface area contributed by atoms with E-state index in [1.807, 2.05) is 56.6 Å². The van der Waals surface area contributed by atoms with Crippen LogP contribution in [0.15, 0.2) is 66.3 Å². The maximum absolute atomic E-state index is 12.5. The van der Waals surface area contributed by atoms with Crippen molar-refractivity contribution in [3.05, 3.63) is 77.6 Å². The second-order valence-corrected chi connectivity index (χ2v) is 7.19. The van der Waals surface area contributed by atoms with Gasteiger partial charge in [0, 0.05) is 29.9 Å². The summed E-state index contributed by atoms with van der Waals surface area (Å²) in [4.78, 5) is 16.9. The number of nitrogens with zero attached hydrogens (tertiary/aromatic N) is 3. The van der Waals surface area contributed by atoms with Gasteiger partial charge in [-0.2, -0.15) is 5.10 Å². The zero-order valence-corrected chi connectivity index (χ0v) is 16.2. The van der Waals surface area contributed by atoms with Crippen LogP contribution in [0, 0.1) is 6.92 Å². The Morgan fingerprint density at radius 1 is 1.07 bits per heavy atom. The Hall–Kier alpha value is -3.45. The molecule has 0 spiro atoms. The van der Waals surface area contributed by atoms with E-state index in [1.54, 1.807) is 28.4 Å². The average molecular weight is 390 g/mol. The van der Waals surface area contributed by atoms with Crippen LogP contribution < -0.4 is 10.1 Å². The fourth-order valence-electron chi connectivity index (χ4n) is 2.59. The third-order valence-electron chi connectivity index (χ3n) is 4.06. The van der Waals surface area contributed by atoms with Gasteiger partial charge in [0.15, 0.2) is 0 Å². The minimum Gasteiger partial charge on any atom is -0.457 e. The molecule has 0 saturated heterocycles. The maximum atomic E-state index is 12.5. The fourth-order valence-corrected chi connectivity index (χ4v) is 3.36. The van der Waals surface area contributed by atoms with Gasteiger partial charge in [-0.25, -0.2) is 4.98 Å². The molecule has 4 aromatic rings. The summed E-state index contributed by atoms with van der Waals surface area (Å²) in [5.41, 5.74) is 3.13. The number of nitrogens with one attached hydrogen (secondary N) is 1. The quantitative estimate of drug-likeness (QED) is 0.526. The Kier molecular flexibility index (Phi) is 4.90. The normalized spacial score (nSPS) is 10.6. The molecular weight excluding hydrogens is 372 g/mol. The van der Waals surface area contributed by atoms with E-state index in [2.05, 4.69) is 15.4 Å². The molecule has 0 aliphatic heterocycles. The highest BCUT2D eigenvalue weighted by Crippen LogP contribution is 2.25. The van der Waals surface area contributed by atoms with Crippen LogP contribution in [0.25, 0.3) is 10.6 Å². The van der Waals surface area contributed by atoms with Gasteiger partial charge in [0.1, 0.15) is 22.2 Å². The number of anilines is 1. The van der Waals surface area contributed by atoms with Gasteiger partial charge in [0.2, 0.25) is 0 Å². The molecule has 6 nitrogen and oxygen atoms in total. The van der Waals surface area contributed by atoms with E-state index in [9.17, 15) is 4.79 Å². The van der Waals surface area contributed by atoms with Gasteiger partial charge in [0.25, 0.3) is 5.91 Å². The third kappa shape index (κ3) is 4.10. The molecule has 0 radical (unpaired) electrons. The van der Waals surface area contributed by atoms with Gasteiger partial charge in [-0.3, -0.25) is 9.48 Å². The highest BCUT2D eigenvalue weighted by Gasteiger charge is 2.13. The van der Waals surface area contributed by atoms with E-state index >= 15 is 0 Å². The number of carbonyl (C=O) groups is 1. The number of amides is 1. The second kappa shape index (κ2) is 7.66. The van der Waals surface area contributed by atoms with Crippen molar-refractivity contribution < 1.29 is 9.53 Å². The molecule has 0 aliphatic carbocycles. The molecule has 4 rings (SSSR count). The number of benzene rings is 2. The predicted octanol–water partition coefficient (Wildman–Crippen LogP) is 4.90. The molecule has 0 saturated carbocycles. The first-order valence-electron chi connectivity index (χ1n) is 8.67. The number of aryl methyl sites for hydroxylation is 2. The molecule has 0 atom stereocenters. The molecule has 0 aliphatic rings. The molecule has 1 amide bonds.